The number of phenols is 1. The van der Waals surface area contributed by atoms with Gasteiger partial charge in [0.05, 0.1) is 0 Å². The molecule has 0 saturated carbocycles. The summed E-state index contributed by atoms with van der Waals surface area (Å²) in [5.74, 6) is 0.186. The van der Waals surface area contributed by atoms with E-state index < -0.39 is 0 Å². The molecule has 0 aliphatic heterocycles. The van der Waals surface area contributed by atoms with Crippen molar-refractivity contribution in [2.75, 3.05) is 6.54 Å². The summed E-state index contributed by atoms with van der Waals surface area (Å²) in [6.45, 7) is 7.70. The molecular formula is C13H17NO2. The Morgan fingerprint density at radius 1 is 1.44 bits per heavy atom. The van der Waals surface area contributed by atoms with Crippen LogP contribution in [0, 0.1) is 13.8 Å². The highest BCUT2D eigenvalue weighted by atomic mass is 16.3. The number of hydrogen-bond donors (Lipinski definition) is 2. The van der Waals surface area contributed by atoms with Crippen LogP contribution in [-0.2, 0) is 11.2 Å². The number of amides is 1. The zero-order valence-corrected chi connectivity index (χ0v) is 9.71. The molecule has 0 spiro atoms. The quantitative estimate of drug-likeness (QED) is 0.759. The number of rotatable bonds is 4. The van der Waals surface area contributed by atoms with Crippen LogP contribution in [0.3, 0.4) is 0 Å². The summed E-state index contributed by atoms with van der Waals surface area (Å²) in [5.41, 5.74) is 2.84. The van der Waals surface area contributed by atoms with Gasteiger partial charge in [-0.25, -0.2) is 0 Å². The van der Waals surface area contributed by atoms with E-state index in [1.807, 2.05) is 26.0 Å². The molecule has 3 heteroatoms. The summed E-state index contributed by atoms with van der Waals surface area (Å²) in [6.07, 6.45) is 2.01. The lowest BCUT2D eigenvalue weighted by molar-refractivity contribution is -0.116. The van der Waals surface area contributed by atoms with Crippen LogP contribution in [-0.4, -0.2) is 17.6 Å². The molecular weight excluding hydrogens is 202 g/mol. The molecule has 1 aromatic carbocycles. The van der Waals surface area contributed by atoms with Crippen LogP contribution in [0.2, 0.25) is 0 Å². The number of carbonyl (C=O) groups is 1. The minimum absolute atomic E-state index is 0.160. The van der Waals surface area contributed by atoms with E-state index in [0.29, 0.717) is 12.3 Å². The van der Waals surface area contributed by atoms with Crippen molar-refractivity contribution >= 4 is 5.91 Å². The standard InChI is InChI=1S/C13H17NO2/c1-4-12(15)14-6-5-11-7-9(2)13(16)10(3)8-11/h4,7-8,16H,1,5-6H2,2-3H3,(H,14,15). The normalized spacial score (nSPS) is 9.88. The molecule has 1 rings (SSSR count). The van der Waals surface area contributed by atoms with Gasteiger partial charge in [-0.3, -0.25) is 4.79 Å². The summed E-state index contributed by atoms with van der Waals surface area (Å²) in [4.78, 5) is 10.9. The maximum absolute atomic E-state index is 10.9. The van der Waals surface area contributed by atoms with Crippen LogP contribution >= 0.6 is 0 Å². The van der Waals surface area contributed by atoms with E-state index in [-0.39, 0.29) is 5.91 Å². The van der Waals surface area contributed by atoms with Crippen molar-refractivity contribution in [3.05, 3.63) is 41.5 Å². The van der Waals surface area contributed by atoms with Gasteiger partial charge in [0.2, 0.25) is 5.91 Å². The Bertz CT molecular complexity index is 387. The minimum atomic E-state index is -0.160. The van der Waals surface area contributed by atoms with Gasteiger partial charge in [0.15, 0.2) is 0 Å². The highest BCUT2D eigenvalue weighted by molar-refractivity contribution is 5.86. The van der Waals surface area contributed by atoms with E-state index in [1.54, 1.807) is 0 Å². The molecule has 16 heavy (non-hydrogen) atoms. The Morgan fingerprint density at radius 2 is 2.00 bits per heavy atom. The van der Waals surface area contributed by atoms with Crippen molar-refractivity contribution < 1.29 is 9.90 Å². The number of phenolic OH excluding ortho intramolecular Hbond substituents is 1. The molecule has 0 atom stereocenters. The van der Waals surface area contributed by atoms with Crippen molar-refractivity contribution in [3.63, 3.8) is 0 Å². The zero-order valence-electron chi connectivity index (χ0n) is 9.71. The lowest BCUT2D eigenvalue weighted by atomic mass is 10.0. The summed E-state index contributed by atoms with van der Waals surface area (Å²) in [5, 5.41) is 12.3. The topological polar surface area (TPSA) is 49.3 Å². The molecule has 1 aromatic rings. The number of benzene rings is 1. The maximum Gasteiger partial charge on any atom is 0.243 e. The molecule has 0 radical (unpaired) electrons. The molecule has 0 aliphatic rings. The monoisotopic (exact) mass is 219 g/mol. The van der Waals surface area contributed by atoms with Gasteiger partial charge in [-0.05, 0) is 43.0 Å². The molecule has 0 bridgehead atoms. The average molecular weight is 219 g/mol. The Morgan fingerprint density at radius 3 is 2.50 bits per heavy atom. The lowest BCUT2D eigenvalue weighted by Crippen LogP contribution is -2.23. The molecule has 0 heterocycles. The molecule has 86 valence electrons. The summed E-state index contributed by atoms with van der Waals surface area (Å²) in [7, 11) is 0. The van der Waals surface area contributed by atoms with Gasteiger partial charge in [-0.15, -0.1) is 0 Å². The third kappa shape index (κ3) is 3.12. The van der Waals surface area contributed by atoms with Crippen molar-refractivity contribution in [2.24, 2.45) is 0 Å². The Balaban J connectivity index is 2.61. The van der Waals surface area contributed by atoms with Gasteiger partial charge in [0.1, 0.15) is 5.75 Å². The molecule has 0 saturated heterocycles. The van der Waals surface area contributed by atoms with Crippen LogP contribution in [0.4, 0.5) is 0 Å². The fourth-order valence-electron chi connectivity index (χ4n) is 1.59. The predicted molar refractivity (Wildman–Crippen MR) is 64.5 cm³/mol. The largest absolute Gasteiger partial charge is 0.507 e. The smallest absolute Gasteiger partial charge is 0.243 e. The van der Waals surface area contributed by atoms with E-state index >= 15 is 0 Å². The fraction of sp³-hybridized carbons (Fsp3) is 0.308. The first kappa shape index (κ1) is 12.3. The third-order valence-electron chi connectivity index (χ3n) is 2.45. The second-order valence-corrected chi connectivity index (χ2v) is 3.82. The third-order valence-corrected chi connectivity index (χ3v) is 2.45. The van der Waals surface area contributed by atoms with Crippen molar-refractivity contribution in [3.8, 4) is 5.75 Å². The lowest BCUT2D eigenvalue weighted by Gasteiger charge is -2.08. The van der Waals surface area contributed by atoms with Gasteiger partial charge in [-0.1, -0.05) is 18.7 Å². The first-order chi connectivity index (χ1) is 7.54. The first-order valence-electron chi connectivity index (χ1n) is 5.24. The van der Waals surface area contributed by atoms with Gasteiger partial charge < -0.3 is 10.4 Å². The minimum Gasteiger partial charge on any atom is -0.507 e. The zero-order chi connectivity index (χ0) is 12.1. The van der Waals surface area contributed by atoms with E-state index in [2.05, 4.69) is 11.9 Å². The number of carbonyl (C=O) groups excluding carboxylic acids is 1. The van der Waals surface area contributed by atoms with Gasteiger partial charge in [-0.2, -0.15) is 0 Å². The molecule has 2 N–H and O–H groups in total. The molecule has 3 nitrogen and oxygen atoms in total. The predicted octanol–water partition coefficient (Wildman–Crippen LogP) is 1.85. The van der Waals surface area contributed by atoms with Crippen molar-refractivity contribution in [1.82, 2.24) is 5.32 Å². The van der Waals surface area contributed by atoms with Gasteiger partial charge in [0.25, 0.3) is 0 Å². The first-order valence-corrected chi connectivity index (χ1v) is 5.24. The SMILES string of the molecule is C=CC(=O)NCCc1cc(C)c(O)c(C)c1. The summed E-state index contributed by atoms with van der Waals surface area (Å²) >= 11 is 0. The van der Waals surface area contributed by atoms with E-state index in [4.69, 9.17) is 0 Å². The molecule has 0 unspecified atom stereocenters. The number of hydrogen-bond acceptors (Lipinski definition) is 2. The number of aryl methyl sites for hydroxylation is 2. The number of nitrogens with one attached hydrogen (secondary N) is 1. The van der Waals surface area contributed by atoms with Crippen molar-refractivity contribution in [2.45, 2.75) is 20.3 Å². The highest BCUT2D eigenvalue weighted by Crippen LogP contribution is 2.22. The second-order valence-electron chi connectivity index (χ2n) is 3.82. The Hall–Kier alpha value is -1.77. The highest BCUT2D eigenvalue weighted by Gasteiger charge is 2.03. The fourth-order valence-corrected chi connectivity index (χ4v) is 1.59. The summed E-state index contributed by atoms with van der Waals surface area (Å²) in [6, 6.07) is 3.87. The van der Waals surface area contributed by atoms with Crippen LogP contribution in [0.1, 0.15) is 16.7 Å². The summed E-state index contributed by atoms with van der Waals surface area (Å²) < 4.78 is 0. The van der Waals surface area contributed by atoms with Crippen LogP contribution in [0.15, 0.2) is 24.8 Å². The average Bonchev–Trinajstić information content (AvgIpc) is 2.25. The molecule has 0 aliphatic carbocycles. The van der Waals surface area contributed by atoms with Crippen molar-refractivity contribution in [1.29, 1.82) is 0 Å². The van der Waals surface area contributed by atoms with Crippen LogP contribution in [0.5, 0.6) is 5.75 Å². The maximum atomic E-state index is 10.9. The Labute approximate surface area is 95.8 Å². The second kappa shape index (κ2) is 5.35. The van der Waals surface area contributed by atoms with E-state index in [0.717, 1.165) is 23.1 Å². The van der Waals surface area contributed by atoms with E-state index in [9.17, 15) is 9.90 Å². The van der Waals surface area contributed by atoms with Crippen LogP contribution < -0.4 is 5.32 Å². The molecule has 1 amide bonds. The molecule has 0 fully saturated rings. The van der Waals surface area contributed by atoms with Crippen LogP contribution in [0.25, 0.3) is 0 Å². The molecule has 0 aromatic heterocycles. The Kier molecular flexibility index (Phi) is 4.11. The van der Waals surface area contributed by atoms with Gasteiger partial charge >= 0.3 is 0 Å². The van der Waals surface area contributed by atoms with E-state index in [1.165, 1.54) is 6.08 Å². The van der Waals surface area contributed by atoms with Gasteiger partial charge in [0, 0.05) is 6.54 Å². The number of aromatic hydroxyl groups is 1.